The van der Waals surface area contributed by atoms with E-state index in [1.807, 2.05) is 0 Å². The van der Waals surface area contributed by atoms with Crippen LogP contribution in [0.3, 0.4) is 0 Å². The first-order valence-electron chi connectivity index (χ1n) is 8.53. The van der Waals surface area contributed by atoms with Gasteiger partial charge in [-0.25, -0.2) is 0 Å². The minimum Gasteiger partial charge on any atom is -0.0654 e. The van der Waals surface area contributed by atoms with E-state index in [4.69, 9.17) is 0 Å². The molecule has 0 N–H and O–H groups in total. The molecule has 1 rings (SSSR count). The fourth-order valence-electron chi connectivity index (χ4n) is 3.71. The van der Waals surface area contributed by atoms with Gasteiger partial charge in [-0.05, 0) is 53.8 Å². The average Bonchev–Trinajstić information content (AvgIpc) is 3.00. The topological polar surface area (TPSA) is 0 Å². The Morgan fingerprint density at radius 2 is 1.42 bits per heavy atom. The quantitative estimate of drug-likeness (QED) is 0.481. The highest BCUT2D eigenvalue weighted by Gasteiger charge is 2.52. The third-order valence-electron chi connectivity index (χ3n) is 6.17. The Hall–Kier alpha value is 0. The fourth-order valence-corrected chi connectivity index (χ4v) is 3.71. The van der Waals surface area contributed by atoms with Crippen molar-refractivity contribution in [2.24, 2.45) is 28.1 Å². The number of hydrogen-bond donors (Lipinski definition) is 0. The molecule has 0 aromatic rings. The molecule has 0 amide bonds. The first-order chi connectivity index (χ1) is 8.53. The molecule has 0 spiro atoms. The predicted molar refractivity (Wildman–Crippen MR) is 87.4 cm³/mol. The van der Waals surface area contributed by atoms with Gasteiger partial charge in [0.05, 0.1) is 0 Å². The zero-order valence-electron chi connectivity index (χ0n) is 14.9. The van der Waals surface area contributed by atoms with Gasteiger partial charge in [-0.1, -0.05) is 68.2 Å². The van der Waals surface area contributed by atoms with E-state index in [0.717, 1.165) is 11.8 Å². The van der Waals surface area contributed by atoms with Gasteiger partial charge in [0.1, 0.15) is 0 Å². The molecular weight excluding hydrogens is 228 g/mol. The highest BCUT2D eigenvalue weighted by Crippen LogP contribution is 2.61. The molecule has 0 saturated heterocycles. The summed E-state index contributed by atoms with van der Waals surface area (Å²) in [4.78, 5) is 0. The molecule has 1 aliphatic rings. The summed E-state index contributed by atoms with van der Waals surface area (Å²) in [7, 11) is 0. The van der Waals surface area contributed by atoms with Crippen molar-refractivity contribution in [3.8, 4) is 0 Å². The van der Waals surface area contributed by atoms with Crippen LogP contribution in [0.15, 0.2) is 0 Å². The van der Waals surface area contributed by atoms with Gasteiger partial charge in [0.2, 0.25) is 0 Å². The summed E-state index contributed by atoms with van der Waals surface area (Å²) in [6.07, 6.45) is 8.37. The van der Waals surface area contributed by atoms with E-state index >= 15 is 0 Å². The lowest BCUT2D eigenvalue weighted by Gasteiger charge is -2.45. The summed E-state index contributed by atoms with van der Waals surface area (Å²) < 4.78 is 0. The van der Waals surface area contributed by atoms with Crippen molar-refractivity contribution in [1.82, 2.24) is 0 Å². The van der Waals surface area contributed by atoms with Crippen molar-refractivity contribution >= 4 is 0 Å². The van der Waals surface area contributed by atoms with E-state index < -0.39 is 0 Å². The van der Waals surface area contributed by atoms with Crippen LogP contribution in [0.25, 0.3) is 0 Å². The van der Waals surface area contributed by atoms with Gasteiger partial charge in [-0.3, -0.25) is 0 Å². The van der Waals surface area contributed by atoms with Crippen LogP contribution in [0, 0.1) is 28.1 Å². The van der Waals surface area contributed by atoms with E-state index in [1.165, 1.54) is 38.5 Å². The van der Waals surface area contributed by atoms with Crippen molar-refractivity contribution in [3.63, 3.8) is 0 Å². The van der Waals surface area contributed by atoms with Crippen LogP contribution in [0.1, 0.15) is 93.9 Å². The van der Waals surface area contributed by atoms with Crippen molar-refractivity contribution in [2.45, 2.75) is 93.9 Å². The van der Waals surface area contributed by atoms with Gasteiger partial charge >= 0.3 is 0 Å². The fraction of sp³-hybridized carbons (Fsp3) is 1.00. The molecule has 114 valence electrons. The molecule has 0 radical (unpaired) electrons. The molecule has 3 unspecified atom stereocenters. The third-order valence-corrected chi connectivity index (χ3v) is 6.17. The molecule has 0 nitrogen and oxygen atoms in total. The van der Waals surface area contributed by atoms with E-state index in [9.17, 15) is 0 Å². The molecule has 0 heterocycles. The van der Waals surface area contributed by atoms with Crippen LogP contribution in [0.2, 0.25) is 0 Å². The Kier molecular flexibility index (Phi) is 5.19. The maximum absolute atomic E-state index is 2.57. The van der Waals surface area contributed by atoms with Gasteiger partial charge in [0.15, 0.2) is 0 Å². The Bertz CT molecular complexity index is 281. The van der Waals surface area contributed by atoms with Crippen molar-refractivity contribution < 1.29 is 0 Å². The molecule has 0 bridgehead atoms. The molecule has 0 aromatic carbocycles. The van der Waals surface area contributed by atoms with Crippen LogP contribution in [0.4, 0.5) is 0 Å². The third kappa shape index (κ3) is 4.23. The summed E-state index contributed by atoms with van der Waals surface area (Å²) in [5.41, 5.74) is 1.49. The maximum atomic E-state index is 2.57. The number of hydrogen-bond acceptors (Lipinski definition) is 0. The van der Waals surface area contributed by atoms with Crippen LogP contribution in [-0.4, -0.2) is 0 Å². The smallest absolute Gasteiger partial charge is 0.0246 e. The molecule has 19 heavy (non-hydrogen) atoms. The zero-order valence-corrected chi connectivity index (χ0v) is 14.9. The SMILES string of the molecule is CCCCC(C)(C)CCC(C)(C1CC1C)C(C)(C)C. The summed E-state index contributed by atoms with van der Waals surface area (Å²) in [5.74, 6) is 1.93. The van der Waals surface area contributed by atoms with E-state index in [-0.39, 0.29) is 0 Å². The summed E-state index contributed by atoms with van der Waals surface area (Å²) in [6, 6.07) is 0. The zero-order chi connectivity index (χ0) is 14.9. The highest BCUT2D eigenvalue weighted by atomic mass is 14.6. The lowest BCUT2D eigenvalue weighted by atomic mass is 9.60. The maximum Gasteiger partial charge on any atom is -0.0246 e. The van der Waals surface area contributed by atoms with Crippen LogP contribution in [-0.2, 0) is 0 Å². The van der Waals surface area contributed by atoms with E-state index in [2.05, 4.69) is 55.4 Å². The summed E-state index contributed by atoms with van der Waals surface area (Å²) in [6.45, 7) is 19.6. The van der Waals surface area contributed by atoms with Gasteiger partial charge in [-0.2, -0.15) is 0 Å². The monoisotopic (exact) mass is 266 g/mol. The molecule has 3 atom stereocenters. The number of rotatable bonds is 7. The van der Waals surface area contributed by atoms with Crippen LogP contribution >= 0.6 is 0 Å². The summed E-state index contributed by atoms with van der Waals surface area (Å²) in [5, 5.41) is 0. The molecule has 1 fully saturated rings. The Labute approximate surface area is 122 Å². The van der Waals surface area contributed by atoms with Gasteiger partial charge in [0, 0.05) is 0 Å². The second-order valence-corrected chi connectivity index (χ2v) is 9.25. The lowest BCUT2D eigenvalue weighted by Crippen LogP contribution is -2.36. The average molecular weight is 267 g/mol. The standard InChI is InChI=1S/C19H38/c1-9-10-11-18(6,7)12-13-19(8,17(3,4)5)16-14-15(16)2/h15-16H,9-14H2,1-8H3. The highest BCUT2D eigenvalue weighted by molar-refractivity contribution is 5.02. The molecule has 0 aromatic heterocycles. The van der Waals surface area contributed by atoms with Gasteiger partial charge in [-0.15, -0.1) is 0 Å². The lowest BCUT2D eigenvalue weighted by molar-refractivity contribution is 0.0463. The molecule has 1 saturated carbocycles. The normalized spacial score (nSPS) is 27.2. The Morgan fingerprint density at radius 3 is 1.79 bits per heavy atom. The summed E-state index contributed by atoms with van der Waals surface area (Å²) >= 11 is 0. The van der Waals surface area contributed by atoms with Crippen molar-refractivity contribution in [2.75, 3.05) is 0 Å². The second-order valence-electron chi connectivity index (χ2n) is 9.25. The number of unbranched alkanes of at least 4 members (excludes halogenated alkanes) is 1. The van der Waals surface area contributed by atoms with Crippen molar-refractivity contribution in [1.29, 1.82) is 0 Å². The molecule has 0 aliphatic heterocycles. The Morgan fingerprint density at radius 1 is 0.895 bits per heavy atom. The second kappa shape index (κ2) is 5.78. The van der Waals surface area contributed by atoms with Gasteiger partial charge < -0.3 is 0 Å². The Balaban J connectivity index is 2.65. The first kappa shape index (κ1) is 17.1. The van der Waals surface area contributed by atoms with Crippen LogP contribution in [0.5, 0.6) is 0 Å². The predicted octanol–water partition coefficient (Wildman–Crippen LogP) is 6.69. The minimum absolute atomic E-state index is 0.434. The molecular formula is C19H38. The van der Waals surface area contributed by atoms with E-state index in [1.54, 1.807) is 0 Å². The molecule has 1 aliphatic carbocycles. The first-order valence-corrected chi connectivity index (χ1v) is 8.53. The van der Waals surface area contributed by atoms with Gasteiger partial charge in [0.25, 0.3) is 0 Å². The van der Waals surface area contributed by atoms with Crippen LogP contribution < -0.4 is 0 Å². The van der Waals surface area contributed by atoms with Crippen molar-refractivity contribution in [3.05, 3.63) is 0 Å². The molecule has 0 heteroatoms. The minimum atomic E-state index is 0.434. The van der Waals surface area contributed by atoms with E-state index in [0.29, 0.717) is 16.2 Å². The largest absolute Gasteiger partial charge is 0.0654 e.